The fraction of sp³-hybridized carbons (Fsp3) is 0.615. The molecule has 0 saturated heterocycles. The zero-order valence-corrected chi connectivity index (χ0v) is 11.3. The summed E-state index contributed by atoms with van der Waals surface area (Å²) in [6.45, 7) is 5.75. The minimum atomic E-state index is 0.343. The summed E-state index contributed by atoms with van der Waals surface area (Å²) in [4.78, 5) is 10.6. The smallest absolute Gasteiger partial charge is 0.158 e. The van der Waals surface area contributed by atoms with E-state index >= 15 is 0 Å². The first-order valence-corrected chi connectivity index (χ1v) is 6.24. The van der Waals surface area contributed by atoms with Gasteiger partial charge in [-0.1, -0.05) is 13.8 Å². The van der Waals surface area contributed by atoms with Gasteiger partial charge in [-0.2, -0.15) is 5.26 Å². The second-order valence-electron chi connectivity index (χ2n) is 4.03. The molecule has 1 aromatic heterocycles. The molecule has 0 fully saturated rings. The van der Waals surface area contributed by atoms with Gasteiger partial charge < -0.3 is 9.64 Å². The number of rotatable bonds is 7. The molecule has 0 amide bonds. The van der Waals surface area contributed by atoms with Crippen LogP contribution < -0.4 is 4.90 Å². The first kappa shape index (κ1) is 14.4. The molecule has 0 spiro atoms. The van der Waals surface area contributed by atoms with Crippen molar-refractivity contribution in [3.63, 3.8) is 0 Å². The lowest BCUT2D eigenvalue weighted by Gasteiger charge is -2.31. The van der Waals surface area contributed by atoms with Gasteiger partial charge in [0.15, 0.2) is 5.69 Å². The molecule has 0 aliphatic heterocycles. The van der Waals surface area contributed by atoms with Crippen LogP contribution in [0.5, 0.6) is 0 Å². The van der Waals surface area contributed by atoms with Gasteiger partial charge in [0.05, 0.1) is 19.0 Å². The van der Waals surface area contributed by atoms with Crippen LogP contribution in [-0.2, 0) is 4.74 Å². The van der Waals surface area contributed by atoms with Gasteiger partial charge in [0, 0.05) is 19.7 Å². The van der Waals surface area contributed by atoms with Gasteiger partial charge in [-0.3, -0.25) is 0 Å². The molecule has 0 aromatic carbocycles. The van der Waals surface area contributed by atoms with Crippen LogP contribution in [0.2, 0.25) is 0 Å². The highest BCUT2D eigenvalue weighted by atomic mass is 16.5. The molecule has 5 nitrogen and oxygen atoms in total. The third kappa shape index (κ3) is 3.67. The standard InChI is InChI=1S/C13H20N4O/c1-4-12(5-2)17(6-7-18-3)13-10-15-11(8-14)9-16-13/h9-10,12H,4-7H2,1-3H3. The summed E-state index contributed by atoms with van der Waals surface area (Å²) < 4.78 is 5.14. The van der Waals surface area contributed by atoms with E-state index in [0.29, 0.717) is 18.3 Å². The van der Waals surface area contributed by atoms with Crippen molar-refractivity contribution in [3.8, 4) is 6.07 Å². The molecule has 18 heavy (non-hydrogen) atoms. The number of nitriles is 1. The number of methoxy groups -OCH3 is 1. The van der Waals surface area contributed by atoms with Crippen molar-refractivity contribution in [1.29, 1.82) is 5.26 Å². The largest absolute Gasteiger partial charge is 0.383 e. The Hall–Kier alpha value is -1.67. The minimum Gasteiger partial charge on any atom is -0.383 e. The van der Waals surface area contributed by atoms with E-state index in [-0.39, 0.29) is 0 Å². The summed E-state index contributed by atoms with van der Waals surface area (Å²) in [5, 5.41) is 8.72. The maximum atomic E-state index is 8.72. The zero-order valence-electron chi connectivity index (χ0n) is 11.3. The summed E-state index contributed by atoms with van der Waals surface area (Å²) in [7, 11) is 1.69. The van der Waals surface area contributed by atoms with Crippen LogP contribution in [0.4, 0.5) is 5.82 Å². The fourth-order valence-electron chi connectivity index (χ4n) is 1.93. The van der Waals surface area contributed by atoms with E-state index in [2.05, 4.69) is 28.7 Å². The lowest BCUT2D eigenvalue weighted by molar-refractivity contribution is 0.202. The molecule has 0 atom stereocenters. The fourth-order valence-corrected chi connectivity index (χ4v) is 1.93. The topological polar surface area (TPSA) is 62.0 Å². The summed E-state index contributed by atoms with van der Waals surface area (Å²) in [6.07, 6.45) is 5.26. The number of hydrogen-bond acceptors (Lipinski definition) is 5. The Morgan fingerprint density at radius 3 is 2.50 bits per heavy atom. The van der Waals surface area contributed by atoms with Crippen molar-refractivity contribution in [2.24, 2.45) is 0 Å². The second-order valence-corrected chi connectivity index (χ2v) is 4.03. The predicted molar refractivity (Wildman–Crippen MR) is 70.3 cm³/mol. The third-order valence-corrected chi connectivity index (χ3v) is 2.97. The third-order valence-electron chi connectivity index (χ3n) is 2.97. The number of hydrogen-bond donors (Lipinski definition) is 0. The molecular weight excluding hydrogens is 228 g/mol. The zero-order chi connectivity index (χ0) is 13.4. The molecule has 0 unspecified atom stereocenters. The Morgan fingerprint density at radius 2 is 2.06 bits per heavy atom. The van der Waals surface area contributed by atoms with Crippen molar-refractivity contribution < 1.29 is 4.74 Å². The lowest BCUT2D eigenvalue weighted by Crippen LogP contribution is -2.37. The van der Waals surface area contributed by atoms with Crippen LogP contribution in [0.15, 0.2) is 12.4 Å². The maximum Gasteiger partial charge on any atom is 0.158 e. The summed E-state index contributed by atoms with van der Waals surface area (Å²) in [5.74, 6) is 0.805. The molecule has 5 heteroatoms. The molecule has 1 aromatic rings. The van der Waals surface area contributed by atoms with Crippen LogP contribution in [0.3, 0.4) is 0 Å². The SMILES string of the molecule is CCC(CC)N(CCOC)c1cnc(C#N)cn1. The predicted octanol–water partition coefficient (Wildman–Crippen LogP) is 1.99. The quantitative estimate of drug-likeness (QED) is 0.738. The van der Waals surface area contributed by atoms with Crippen molar-refractivity contribution in [2.45, 2.75) is 32.7 Å². The second kappa shape index (κ2) is 7.62. The van der Waals surface area contributed by atoms with Crippen molar-refractivity contribution >= 4 is 5.82 Å². The van der Waals surface area contributed by atoms with Gasteiger partial charge in [-0.25, -0.2) is 9.97 Å². The Bertz CT molecular complexity index is 381. The lowest BCUT2D eigenvalue weighted by atomic mass is 10.1. The first-order chi connectivity index (χ1) is 8.76. The average molecular weight is 248 g/mol. The number of aromatic nitrogens is 2. The monoisotopic (exact) mass is 248 g/mol. The normalized spacial score (nSPS) is 10.4. The van der Waals surface area contributed by atoms with E-state index in [0.717, 1.165) is 25.2 Å². The highest BCUT2D eigenvalue weighted by Crippen LogP contribution is 2.17. The van der Waals surface area contributed by atoms with Crippen LogP contribution in [0.1, 0.15) is 32.4 Å². The summed E-state index contributed by atoms with van der Waals surface area (Å²) >= 11 is 0. The van der Waals surface area contributed by atoms with Gasteiger partial charge in [0.2, 0.25) is 0 Å². The van der Waals surface area contributed by atoms with E-state index in [1.165, 1.54) is 6.20 Å². The molecule has 1 heterocycles. The Balaban J connectivity index is 2.89. The van der Waals surface area contributed by atoms with E-state index < -0.39 is 0 Å². The first-order valence-electron chi connectivity index (χ1n) is 6.24. The van der Waals surface area contributed by atoms with Crippen LogP contribution in [0, 0.1) is 11.3 Å². The van der Waals surface area contributed by atoms with Crippen molar-refractivity contribution in [2.75, 3.05) is 25.2 Å². The number of anilines is 1. The van der Waals surface area contributed by atoms with Crippen molar-refractivity contribution in [3.05, 3.63) is 18.1 Å². The molecular formula is C13H20N4O. The van der Waals surface area contributed by atoms with Crippen LogP contribution >= 0.6 is 0 Å². The van der Waals surface area contributed by atoms with Gasteiger partial charge in [-0.15, -0.1) is 0 Å². The number of ether oxygens (including phenoxy) is 1. The van der Waals surface area contributed by atoms with Crippen LogP contribution in [-0.4, -0.2) is 36.3 Å². The molecule has 0 bridgehead atoms. The highest BCUT2D eigenvalue weighted by molar-refractivity contribution is 5.38. The maximum absolute atomic E-state index is 8.72. The highest BCUT2D eigenvalue weighted by Gasteiger charge is 2.16. The summed E-state index contributed by atoms with van der Waals surface area (Å²) in [5.41, 5.74) is 0.343. The molecule has 1 rings (SSSR count). The molecule has 0 N–H and O–H groups in total. The van der Waals surface area contributed by atoms with Gasteiger partial charge >= 0.3 is 0 Å². The summed E-state index contributed by atoms with van der Waals surface area (Å²) in [6, 6.07) is 2.40. The molecule has 0 saturated carbocycles. The Labute approximate surface area is 108 Å². The van der Waals surface area contributed by atoms with Gasteiger partial charge in [0.1, 0.15) is 11.9 Å². The Kier molecular flexibility index (Phi) is 6.09. The van der Waals surface area contributed by atoms with Crippen molar-refractivity contribution in [1.82, 2.24) is 9.97 Å². The minimum absolute atomic E-state index is 0.343. The van der Waals surface area contributed by atoms with E-state index in [1.807, 2.05) is 6.07 Å². The van der Waals surface area contributed by atoms with E-state index in [9.17, 15) is 0 Å². The van der Waals surface area contributed by atoms with Crippen LogP contribution in [0.25, 0.3) is 0 Å². The number of nitrogens with zero attached hydrogens (tertiary/aromatic N) is 4. The van der Waals surface area contributed by atoms with E-state index in [4.69, 9.17) is 10.00 Å². The van der Waals surface area contributed by atoms with Gasteiger partial charge in [-0.05, 0) is 12.8 Å². The van der Waals surface area contributed by atoms with E-state index in [1.54, 1.807) is 13.3 Å². The molecule has 0 radical (unpaired) electrons. The molecule has 98 valence electrons. The average Bonchev–Trinajstić information content (AvgIpc) is 2.43. The van der Waals surface area contributed by atoms with Gasteiger partial charge in [0.25, 0.3) is 0 Å². The Morgan fingerprint density at radius 1 is 1.33 bits per heavy atom. The molecule has 0 aliphatic rings. The molecule has 0 aliphatic carbocycles.